The Morgan fingerprint density at radius 2 is 2.00 bits per heavy atom. The van der Waals surface area contributed by atoms with E-state index in [1.165, 1.54) is 12.4 Å². The van der Waals surface area contributed by atoms with E-state index >= 15 is 0 Å². The fraction of sp³-hybridized carbons (Fsp3) is 0.167. The van der Waals surface area contributed by atoms with Crippen molar-refractivity contribution in [3.8, 4) is 6.07 Å². The molecule has 0 saturated heterocycles. The molecule has 0 atom stereocenters. The Hall–Kier alpha value is -1.93. The first-order chi connectivity index (χ1) is 8.38. The predicted octanol–water partition coefficient (Wildman–Crippen LogP) is 2.08. The summed E-state index contributed by atoms with van der Waals surface area (Å²) in [6.45, 7) is 0. The Balaban J connectivity index is 1.84. The number of nitriles is 1. The lowest BCUT2D eigenvalue weighted by Crippen LogP contribution is -1.93. The first-order valence-electron chi connectivity index (χ1n) is 5.13. The van der Waals surface area contributed by atoms with Crippen LogP contribution in [0.25, 0.3) is 0 Å². The van der Waals surface area contributed by atoms with E-state index in [4.69, 9.17) is 5.26 Å². The van der Waals surface area contributed by atoms with Crippen LogP contribution in [0, 0.1) is 11.3 Å². The lowest BCUT2D eigenvalue weighted by Gasteiger charge is -1.99. The number of nitrogens with zero attached hydrogens (tertiary/aromatic N) is 4. The van der Waals surface area contributed by atoms with Gasteiger partial charge in [0, 0.05) is 30.0 Å². The minimum atomic E-state index is 0.485. The Morgan fingerprint density at radius 1 is 1.18 bits per heavy atom. The molecular formula is C12H10N4S. The third-order valence-electron chi connectivity index (χ3n) is 2.07. The predicted molar refractivity (Wildman–Crippen MR) is 65.4 cm³/mol. The highest BCUT2D eigenvalue weighted by Crippen LogP contribution is 2.13. The molecule has 0 fully saturated rings. The van der Waals surface area contributed by atoms with Crippen molar-refractivity contribution >= 4 is 11.8 Å². The number of aromatic nitrogens is 3. The van der Waals surface area contributed by atoms with Crippen LogP contribution in [0.15, 0.2) is 41.9 Å². The van der Waals surface area contributed by atoms with E-state index in [1.807, 2.05) is 24.3 Å². The van der Waals surface area contributed by atoms with Crippen LogP contribution < -0.4 is 0 Å². The number of pyridine rings is 1. The minimum absolute atomic E-state index is 0.485. The maximum atomic E-state index is 8.61. The van der Waals surface area contributed by atoms with Gasteiger partial charge in [0.15, 0.2) is 5.16 Å². The number of aryl methyl sites for hydroxylation is 1. The second-order valence-electron chi connectivity index (χ2n) is 3.29. The van der Waals surface area contributed by atoms with Gasteiger partial charge in [0.25, 0.3) is 0 Å². The van der Waals surface area contributed by atoms with E-state index in [0.29, 0.717) is 10.7 Å². The Bertz CT molecular complexity index is 504. The van der Waals surface area contributed by atoms with Gasteiger partial charge < -0.3 is 0 Å². The lowest BCUT2D eigenvalue weighted by atomic mass is 10.3. The standard InChI is InChI=1S/C12H10N4S/c13-7-10-8-15-12(16-9-10)17-6-4-11-3-1-2-5-14-11/h1-3,5,8-9H,4,6H2. The Labute approximate surface area is 104 Å². The zero-order valence-electron chi connectivity index (χ0n) is 9.08. The third kappa shape index (κ3) is 3.54. The third-order valence-corrected chi connectivity index (χ3v) is 2.95. The van der Waals surface area contributed by atoms with Gasteiger partial charge in [0.1, 0.15) is 6.07 Å². The van der Waals surface area contributed by atoms with Crippen LogP contribution in [0.2, 0.25) is 0 Å². The average molecular weight is 242 g/mol. The number of hydrogen-bond acceptors (Lipinski definition) is 5. The van der Waals surface area contributed by atoms with Gasteiger partial charge in [-0.3, -0.25) is 4.98 Å². The molecule has 0 N–H and O–H groups in total. The number of rotatable bonds is 4. The Morgan fingerprint density at radius 3 is 2.65 bits per heavy atom. The molecule has 0 amide bonds. The highest BCUT2D eigenvalue weighted by Gasteiger charge is 1.99. The van der Waals surface area contributed by atoms with Gasteiger partial charge in [-0.1, -0.05) is 17.8 Å². The first-order valence-corrected chi connectivity index (χ1v) is 6.12. The van der Waals surface area contributed by atoms with Crippen LogP contribution in [0.1, 0.15) is 11.3 Å². The van der Waals surface area contributed by atoms with Crippen molar-refractivity contribution in [2.75, 3.05) is 5.75 Å². The maximum Gasteiger partial charge on any atom is 0.187 e. The summed E-state index contributed by atoms with van der Waals surface area (Å²) in [7, 11) is 0. The second-order valence-corrected chi connectivity index (χ2v) is 4.35. The smallest absolute Gasteiger partial charge is 0.187 e. The van der Waals surface area contributed by atoms with Crippen molar-refractivity contribution in [3.63, 3.8) is 0 Å². The molecular weight excluding hydrogens is 232 g/mol. The maximum absolute atomic E-state index is 8.61. The normalized spacial score (nSPS) is 9.82. The van der Waals surface area contributed by atoms with Crippen molar-refractivity contribution in [2.45, 2.75) is 11.6 Å². The summed E-state index contributed by atoms with van der Waals surface area (Å²) in [6.07, 6.45) is 5.75. The van der Waals surface area contributed by atoms with Gasteiger partial charge in [-0.05, 0) is 18.6 Å². The molecule has 0 bridgehead atoms. The molecule has 0 aliphatic rings. The fourth-order valence-electron chi connectivity index (χ4n) is 1.24. The second kappa shape index (κ2) is 5.97. The molecule has 0 unspecified atom stereocenters. The quantitative estimate of drug-likeness (QED) is 0.606. The molecule has 0 aromatic carbocycles. The molecule has 0 radical (unpaired) electrons. The van der Waals surface area contributed by atoms with Crippen LogP contribution in [0.3, 0.4) is 0 Å². The van der Waals surface area contributed by atoms with Crippen molar-refractivity contribution < 1.29 is 0 Å². The van der Waals surface area contributed by atoms with E-state index in [0.717, 1.165) is 17.9 Å². The Kier molecular flexibility index (Phi) is 4.05. The van der Waals surface area contributed by atoms with Crippen LogP contribution in [0.4, 0.5) is 0 Å². The monoisotopic (exact) mass is 242 g/mol. The van der Waals surface area contributed by atoms with Crippen molar-refractivity contribution in [3.05, 3.63) is 48.0 Å². The van der Waals surface area contributed by atoms with Gasteiger partial charge >= 0.3 is 0 Å². The molecule has 4 nitrogen and oxygen atoms in total. The zero-order chi connectivity index (χ0) is 11.9. The van der Waals surface area contributed by atoms with Crippen molar-refractivity contribution in [1.29, 1.82) is 5.26 Å². The topological polar surface area (TPSA) is 62.5 Å². The van der Waals surface area contributed by atoms with Crippen molar-refractivity contribution in [2.24, 2.45) is 0 Å². The highest BCUT2D eigenvalue weighted by molar-refractivity contribution is 7.99. The van der Waals surface area contributed by atoms with Gasteiger partial charge in [-0.15, -0.1) is 0 Å². The molecule has 2 aromatic rings. The van der Waals surface area contributed by atoms with Crippen molar-refractivity contribution in [1.82, 2.24) is 15.0 Å². The summed E-state index contributed by atoms with van der Waals surface area (Å²) in [6, 6.07) is 7.87. The average Bonchev–Trinajstić information content (AvgIpc) is 2.41. The molecule has 84 valence electrons. The molecule has 0 spiro atoms. The van der Waals surface area contributed by atoms with E-state index in [-0.39, 0.29) is 0 Å². The van der Waals surface area contributed by atoms with E-state index in [2.05, 4.69) is 15.0 Å². The summed E-state index contributed by atoms with van der Waals surface area (Å²) in [5.41, 5.74) is 1.55. The molecule has 0 aliphatic carbocycles. The van der Waals surface area contributed by atoms with Crippen LogP contribution in [0.5, 0.6) is 0 Å². The van der Waals surface area contributed by atoms with E-state index in [1.54, 1.807) is 18.0 Å². The summed E-state index contributed by atoms with van der Waals surface area (Å²) >= 11 is 1.56. The van der Waals surface area contributed by atoms with Gasteiger partial charge in [-0.25, -0.2) is 9.97 Å². The summed E-state index contributed by atoms with van der Waals surface area (Å²) < 4.78 is 0. The molecule has 5 heteroatoms. The zero-order valence-corrected chi connectivity index (χ0v) is 9.89. The summed E-state index contributed by atoms with van der Waals surface area (Å²) in [5, 5.41) is 9.30. The van der Waals surface area contributed by atoms with Gasteiger partial charge in [0.05, 0.1) is 5.56 Å². The molecule has 17 heavy (non-hydrogen) atoms. The molecule has 2 rings (SSSR count). The molecule has 2 heterocycles. The number of hydrogen-bond donors (Lipinski definition) is 0. The molecule has 0 saturated carbocycles. The fourth-order valence-corrected chi connectivity index (χ4v) is 1.99. The van der Waals surface area contributed by atoms with Gasteiger partial charge in [-0.2, -0.15) is 5.26 Å². The lowest BCUT2D eigenvalue weighted by molar-refractivity contribution is 0.953. The number of thioether (sulfide) groups is 1. The van der Waals surface area contributed by atoms with Crippen LogP contribution in [-0.2, 0) is 6.42 Å². The molecule has 0 aliphatic heterocycles. The van der Waals surface area contributed by atoms with Gasteiger partial charge in [0.2, 0.25) is 0 Å². The largest absolute Gasteiger partial charge is 0.261 e. The summed E-state index contributed by atoms with van der Waals surface area (Å²) in [5.74, 6) is 0.878. The summed E-state index contributed by atoms with van der Waals surface area (Å²) in [4.78, 5) is 12.4. The highest BCUT2D eigenvalue weighted by atomic mass is 32.2. The molecule has 2 aromatic heterocycles. The van der Waals surface area contributed by atoms with E-state index < -0.39 is 0 Å². The first kappa shape index (κ1) is 11.6. The minimum Gasteiger partial charge on any atom is -0.261 e. The van der Waals surface area contributed by atoms with E-state index in [9.17, 15) is 0 Å². The SMILES string of the molecule is N#Cc1cnc(SCCc2ccccn2)nc1. The van der Waals surface area contributed by atoms with Crippen LogP contribution in [-0.4, -0.2) is 20.7 Å². The van der Waals surface area contributed by atoms with Crippen LogP contribution >= 0.6 is 11.8 Å².